The van der Waals surface area contributed by atoms with E-state index < -0.39 is 5.97 Å². The number of pyridine rings is 1. The first kappa shape index (κ1) is 15.1. The SMILES string of the molecule is COc1cccc(CN(C)c2nccc(C(=O)O)c2Cl)c1. The molecule has 0 aliphatic rings. The highest BCUT2D eigenvalue weighted by molar-refractivity contribution is 6.35. The van der Waals surface area contributed by atoms with Crippen LogP contribution in [0.25, 0.3) is 0 Å². The van der Waals surface area contributed by atoms with Gasteiger partial charge >= 0.3 is 5.97 Å². The van der Waals surface area contributed by atoms with Crippen molar-refractivity contribution in [1.29, 1.82) is 0 Å². The van der Waals surface area contributed by atoms with Crippen LogP contribution < -0.4 is 9.64 Å². The minimum atomic E-state index is -1.07. The molecule has 1 N–H and O–H groups in total. The Morgan fingerprint density at radius 3 is 2.86 bits per heavy atom. The van der Waals surface area contributed by atoms with Crippen LogP contribution in [0.4, 0.5) is 5.82 Å². The van der Waals surface area contributed by atoms with E-state index in [1.54, 1.807) is 19.1 Å². The highest BCUT2D eigenvalue weighted by Gasteiger charge is 2.16. The number of carboxylic acid groups (broad SMARTS) is 1. The Labute approximate surface area is 127 Å². The first-order valence-electron chi connectivity index (χ1n) is 6.24. The van der Waals surface area contributed by atoms with E-state index in [0.29, 0.717) is 12.4 Å². The van der Waals surface area contributed by atoms with Gasteiger partial charge in [-0.05, 0) is 23.8 Å². The summed E-state index contributed by atoms with van der Waals surface area (Å²) in [6, 6.07) is 9.00. The quantitative estimate of drug-likeness (QED) is 0.919. The van der Waals surface area contributed by atoms with Gasteiger partial charge in [0.25, 0.3) is 0 Å². The maximum absolute atomic E-state index is 11.1. The van der Waals surface area contributed by atoms with Gasteiger partial charge in [-0.25, -0.2) is 9.78 Å². The van der Waals surface area contributed by atoms with Crippen molar-refractivity contribution in [2.24, 2.45) is 0 Å². The molecule has 0 saturated heterocycles. The number of ether oxygens (including phenoxy) is 1. The number of nitrogens with zero attached hydrogens (tertiary/aromatic N) is 2. The Kier molecular flexibility index (Phi) is 4.65. The summed E-state index contributed by atoms with van der Waals surface area (Å²) in [7, 11) is 3.41. The summed E-state index contributed by atoms with van der Waals surface area (Å²) in [4.78, 5) is 17.0. The number of rotatable bonds is 5. The Morgan fingerprint density at radius 2 is 2.19 bits per heavy atom. The Morgan fingerprint density at radius 1 is 1.43 bits per heavy atom. The average Bonchev–Trinajstić information content (AvgIpc) is 2.47. The number of carboxylic acids is 1. The Balaban J connectivity index is 2.26. The molecule has 0 aliphatic heterocycles. The first-order chi connectivity index (χ1) is 10.0. The molecule has 2 aromatic rings. The van der Waals surface area contributed by atoms with E-state index in [-0.39, 0.29) is 10.6 Å². The van der Waals surface area contributed by atoms with Gasteiger partial charge in [0.15, 0.2) is 0 Å². The predicted molar refractivity (Wildman–Crippen MR) is 81.3 cm³/mol. The van der Waals surface area contributed by atoms with E-state index in [0.717, 1.165) is 11.3 Å². The molecule has 110 valence electrons. The molecular formula is C15H15ClN2O3. The molecule has 0 saturated carbocycles. The summed E-state index contributed by atoms with van der Waals surface area (Å²) in [5.74, 6) is 0.122. The highest BCUT2D eigenvalue weighted by atomic mass is 35.5. The molecule has 0 unspecified atom stereocenters. The number of aromatic carboxylic acids is 1. The number of anilines is 1. The molecule has 0 amide bonds. The molecule has 0 aliphatic carbocycles. The van der Waals surface area contributed by atoms with E-state index >= 15 is 0 Å². The monoisotopic (exact) mass is 306 g/mol. The zero-order valence-corrected chi connectivity index (χ0v) is 12.5. The van der Waals surface area contributed by atoms with Crippen molar-refractivity contribution >= 4 is 23.4 Å². The molecule has 0 spiro atoms. The number of hydrogen-bond donors (Lipinski definition) is 1. The van der Waals surface area contributed by atoms with E-state index in [2.05, 4.69) is 4.98 Å². The third-order valence-corrected chi connectivity index (χ3v) is 3.39. The van der Waals surface area contributed by atoms with E-state index in [4.69, 9.17) is 21.4 Å². The Bertz CT molecular complexity index is 661. The lowest BCUT2D eigenvalue weighted by molar-refractivity contribution is 0.0697. The van der Waals surface area contributed by atoms with Crippen molar-refractivity contribution in [3.63, 3.8) is 0 Å². The molecule has 0 atom stereocenters. The van der Waals surface area contributed by atoms with Crippen molar-refractivity contribution < 1.29 is 14.6 Å². The van der Waals surface area contributed by atoms with E-state index in [1.165, 1.54) is 12.3 Å². The lowest BCUT2D eigenvalue weighted by Gasteiger charge is -2.20. The Hall–Kier alpha value is -2.27. The smallest absolute Gasteiger partial charge is 0.337 e. The van der Waals surface area contributed by atoms with Crippen LogP contribution in [0, 0.1) is 0 Å². The second-order valence-corrected chi connectivity index (χ2v) is 4.89. The van der Waals surface area contributed by atoms with Crippen LogP contribution in [0.1, 0.15) is 15.9 Å². The zero-order chi connectivity index (χ0) is 15.4. The molecule has 5 nitrogen and oxygen atoms in total. The first-order valence-corrected chi connectivity index (χ1v) is 6.62. The normalized spacial score (nSPS) is 10.2. The fourth-order valence-corrected chi connectivity index (χ4v) is 2.32. The van der Waals surface area contributed by atoms with Crippen molar-refractivity contribution in [2.75, 3.05) is 19.1 Å². The minimum absolute atomic E-state index is 0.0409. The van der Waals surface area contributed by atoms with Crippen LogP contribution >= 0.6 is 11.6 Å². The van der Waals surface area contributed by atoms with Crippen molar-refractivity contribution in [3.05, 3.63) is 52.7 Å². The van der Waals surface area contributed by atoms with Crippen LogP contribution in [0.5, 0.6) is 5.75 Å². The third-order valence-electron chi connectivity index (χ3n) is 3.02. The van der Waals surface area contributed by atoms with Gasteiger partial charge in [0.2, 0.25) is 0 Å². The van der Waals surface area contributed by atoms with Crippen molar-refractivity contribution in [1.82, 2.24) is 4.98 Å². The van der Waals surface area contributed by atoms with Crippen LogP contribution in [-0.4, -0.2) is 30.2 Å². The summed E-state index contributed by atoms with van der Waals surface area (Å²) < 4.78 is 5.18. The molecule has 1 aromatic heterocycles. The van der Waals surface area contributed by atoms with Gasteiger partial charge in [-0.15, -0.1) is 0 Å². The summed E-state index contributed by atoms with van der Waals surface area (Å²) in [5, 5.41) is 9.22. The maximum atomic E-state index is 11.1. The number of methoxy groups -OCH3 is 1. The molecule has 2 rings (SSSR count). The highest BCUT2D eigenvalue weighted by Crippen LogP contribution is 2.27. The van der Waals surface area contributed by atoms with Crippen LogP contribution in [-0.2, 0) is 6.54 Å². The number of halogens is 1. The zero-order valence-electron chi connectivity index (χ0n) is 11.7. The van der Waals surface area contributed by atoms with Gasteiger partial charge in [0.1, 0.15) is 11.6 Å². The van der Waals surface area contributed by atoms with E-state index in [9.17, 15) is 4.79 Å². The predicted octanol–water partition coefficient (Wildman–Crippen LogP) is 3.08. The number of aromatic nitrogens is 1. The fraction of sp³-hybridized carbons (Fsp3) is 0.200. The summed E-state index contributed by atoms with van der Waals surface area (Å²) in [5.41, 5.74) is 1.05. The molecule has 0 bridgehead atoms. The van der Waals surface area contributed by atoms with Crippen LogP contribution in [0.15, 0.2) is 36.5 Å². The second-order valence-electron chi connectivity index (χ2n) is 4.51. The standard InChI is InChI=1S/C15H15ClN2O3/c1-18(9-10-4-3-5-11(8-10)21-2)14-13(16)12(15(19)20)6-7-17-14/h3-8H,9H2,1-2H3,(H,19,20). The van der Waals surface area contributed by atoms with Gasteiger partial charge in [-0.3, -0.25) is 0 Å². The number of benzene rings is 1. The fourth-order valence-electron chi connectivity index (χ4n) is 1.98. The van der Waals surface area contributed by atoms with Gasteiger partial charge in [-0.2, -0.15) is 0 Å². The summed E-state index contributed by atoms with van der Waals surface area (Å²) in [6.07, 6.45) is 1.44. The molecule has 0 radical (unpaired) electrons. The van der Waals surface area contributed by atoms with Gasteiger partial charge in [0, 0.05) is 19.8 Å². The van der Waals surface area contributed by atoms with Crippen LogP contribution in [0.3, 0.4) is 0 Å². The second kappa shape index (κ2) is 6.45. The molecule has 6 heteroatoms. The van der Waals surface area contributed by atoms with Gasteiger partial charge < -0.3 is 14.7 Å². The van der Waals surface area contributed by atoms with Crippen LogP contribution in [0.2, 0.25) is 5.02 Å². The minimum Gasteiger partial charge on any atom is -0.497 e. The van der Waals surface area contributed by atoms with Crippen molar-refractivity contribution in [3.8, 4) is 5.75 Å². The van der Waals surface area contributed by atoms with Gasteiger partial charge in [-0.1, -0.05) is 23.7 Å². The van der Waals surface area contributed by atoms with Crippen molar-refractivity contribution in [2.45, 2.75) is 6.54 Å². The third kappa shape index (κ3) is 3.44. The lowest BCUT2D eigenvalue weighted by Crippen LogP contribution is -2.19. The molecule has 0 fully saturated rings. The molecular weight excluding hydrogens is 292 g/mol. The number of hydrogen-bond acceptors (Lipinski definition) is 4. The molecule has 1 heterocycles. The topological polar surface area (TPSA) is 62.7 Å². The largest absolute Gasteiger partial charge is 0.497 e. The van der Waals surface area contributed by atoms with Gasteiger partial charge in [0.05, 0.1) is 17.7 Å². The molecule has 21 heavy (non-hydrogen) atoms. The average molecular weight is 307 g/mol. The molecule has 1 aromatic carbocycles. The maximum Gasteiger partial charge on any atom is 0.337 e. The van der Waals surface area contributed by atoms with E-state index in [1.807, 2.05) is 24.3 Å². The lowest BCUT2D eigenvalue weighted by atomic mass is 10.2. The summed E-state index contributed by atoms with van der Waals surface area (Å²) >= 11 is 6.11. The number of carbonyl (C=O) groups is 1. The summed E-state index contributed by atoms with van der Waals surface area (Å²) in [6.45, 7) is 0.535.